The fourth-order valence-corrected chi connectivity index (χ4v) is 2.65. The van der Waals surface area contributed by atoms with Gasteiger partial charge in [-0.3, -0.25) is 9.59 Å². The molecule has 2 aromatic rings. The van der Waals surface area contributed by atoms with Gasteiger partial charge < -0.3 is 10.4 Å². The lowest BCUT2D eigenvalue weighted by Crippen LogP contribution is -2.26. The van der Waals surface area contributed by atoms with Crippen LogP contribution < -0.4 is 5.32 Å². The van der Waals surface area contributed by atoms with Gasteiger partial charge in [-0.1, -0.05) is 29.8 Å². The zero-order chi connectivity index (χ0) is 19.1. The van der Waals surface area contributed by atoms with Crippen LogP contribution in [0, 0.1) is 13.8 Å². The maximum Gasteiger partial charge on any atom is 0.335 e. The van der Waals surface area contributed by atoms with E-state index in [2.05, 4.69) is 5.32 Å². The molecule has 0 saturated heterocycles. The quantitative estimate of drug-likeness (QED) is 0.713. The van der Waals surface area contributed by atoms with Crippen molar-refractivity contribution in [3.8, 4) is 0 Å². The van der Waals surface area contributed by atoms with E-state index in [9.17, 15) is 14.4 Å². The highest BCUT2D eigenvalue weighted by Gasteiger charge is 2.11. The van der Waals surface area contributed by atoms with E-state index < -0.39 is 5.97 Å². The average molecular weight is 353 g/mol. The first-order chi connectivity index (χ1) is 12.4. The third-order valence-corrected chi connectivity index (χ3v) is 4.21. The van der Waals surface area contributed by atoms with Crippen LogP contribution in [0.1, 0.15) is 50.2 Å². The topological polar surface area (TPSA) is 83.5 Å². The fraction of sp³-hybridized carbons (Fsp3) is 0.286. The molecule has 2 aromatic carbocycles. The van der Waals surface area contributed by atoms with Crippen molar-refractivity contribution >= 4 is 17.7 Å². The number of aromatic carboxylic acids is 1. The molecule has 5 heteroatoms. The van der Waals surface area contributed by atoms with Crippen molar-refractivity contribution in [3.63, 3.8) is 0 Å². The van der Waals surface area contributed by atoms with Crippen molar-refractivity contribution in [2.75, 3.05) is 6.54 Å². The van der Waals surface area contributed by atoms with E-state index in [0.29, 0.717) is 18.5 Å². The van der Waals surface area contributed by atoms with E-state index in [-0.39, 0.29) is 30.1 Å². The number of rotatable bonds is 8. The highest BCUT2D eigenvalue weighted by atomic mass is 16.4. The Morgan fingerprint density at radius 2 is 1.65 bits per heavy atom. The zero-order valence-corrected chi connectivity index (χ0v) is 15.0. The number of nitrogens with one attached hydrogen (secondary N) is 1. The van der Waals surface area contributed by atoms with Crippen LogP contribution in [0.3, 0.4) is 0 Å². The Hall–Kier alpha value is -2.95. The van der Waals surface area contributed by atoms with Gasteiger partial charge in [-0.15, -0.1) is 0 Å². The summed E-state index contributed by atoms with van der Waals surface area (Å²) in [6.07, 6.45) is 0.949. The average Bonchev–Trinajstić information content (AvgIpc) is 2.62. The summed E-state index contributed by atoms with van der Waals surface area (Å²) < 4.78 is 0. The lowest BCUT2D eigenvalue weighted by Gasteiger charge is -2.08. The molecular weight excluding hydrogens is 330 g/mol. The highest BCUT2D eigenvalue weighted by molar-refractivity contribution is 5.99. The summed E-state index contributed by atoms with van der Waals surface area (Å²) in [6, 6.07) is 12.3. The van der Waals surface area contributed by atoms with Gasteiger partial charge in [0.2, 0.25) is 5.91 Å². The highest BCUT2D eigenvalue weighted by Crippen LogP contribution is 2.14. The lowest BCUT2D eigenvalue weighted by molar-refractivity contribution is -0.121. The molecule has 136 valence electrons. The fourth-order valence-electron chi connectivity index (χ4n) is 2.65. The van der Waals surface area contributed by atoms with Crippen LogP contribution in [0.5, 0.6) is 0 Å². The Kier molecular flexibility index (Phi) is 6.67. The van der Waals surface area contributed by atoms with Gasteiger partial charge in [-0.25, -0.2) is 4.79 Å². The molecule has 0 aromatic heterocycles. The van der Waals surface area contributed by atoms with E-state index in [1.165, 1.54) is 0 Å². The van der Waals surface area contributed by atoms with E-state index in [4.69, 9.17) is 5.11 Å². The predicted octanol–water partition coefficient (Wildman–Crippen LogP) is 3.32. The number of hydrogen-bond acceptors (Lipinski definition) is 3. The summed E-state index contributed by atoms with van der Waals surface area (Å²) in [6.45, 7) is 4.28. The second-order valence-electron chi connectivity index (χ2n) is 6.34. The van der Waals surface area contributed by atoms with Gasteiger partial charge in [0, 0.05) is 24.9 Å². The third-order valence-electron chi connectivity index (χ3n) is 4.21. The number of carbonyl (C=O) groups excluding carboxylic acids is 2. The van der Waals surface area contributed by atoms with Crippen LogP contribution in [0.4, 0.5) is 0 Å². The number of aryl methyl sites for hydroxylation is 2. The molecule has 1 amide bonds. The number of carbonyl (C=O) groups is 3. The van der Waals surface area contributed by atoms with Crippen LogP contribution in [0.15, 0.2) is 42.5 Å². The molecule has 2 N–H and O–H groups in total. The lowest BCUT2D eigenvalue weighted by atomic mass is 9.99. The minimum atomic E-state index is -0.960. The van der Waals surface area contributed by atoms with E-state index in [1.807, 2.05) is 32.0 Å². The molecule has 0 aliphatic heterocycles. The van der Waals surface area contributed by atoms with Crippen molar-refractivity contribution in [1.29, 1.82) is 0 Å². The summed E-state index contributed by atoms with van der Waals surface area (Å²) in [7, 11) is 0. The molecule has 0 fully saturated rings. The molecule has 0 unspecified atom stereocenters. The monoisotopic (exact) mass is 353 g/mol. The van der Waals surface area contributed by atoms with Gasteiger partial charge in [0.15, 0.2) is 5.78 Å². The molecular formula is C21H23NO4. The van der Waals surface area contributed by atoms with Gasteiger partial charge in [0.25, 0.3) is 0 Å². The van der Waals surface area contributed by atoms with Gasteiger partial charge in [-0.05, 0) is 49.6 Å². The number of carboxylic acids is 1. The second kappa shape index (κ2) is 8.94. The molecule has 0 spiro atoms. The molecule has 0 radical (unpaired) electrons. The largest absolute Gasteiger partial charge is 0.478 e. The molecule has 0 saturated carbocycles. The molecule has 0 atom stereocenters. The normalized spacial score (nSPS) is 10.4. The maximum atomic E-state index is 12.3. The Labute approximate surface area is 153 Å². The Morgan fingerprint density at radius 1 is 0.962 bits per heavy atom. The van der Waals surface area contributed by atoms with Gasteiger partial charge in [-0.2, -0.15) is 0 Å². The number of amides is 1. The summed E-state index contributed by atoms with van der Waals surface area (Å²) >= 11 is 0. The summed E-state index contributed by atoms with van der Waals surface area (Å²) in [5.74, 6) is -1.14. The van der Waals surface area contributed by atoms with Crippen molar-refractivity contribution in [2.24, 2.45) is 0 Å². The Balaban J connectivity index is 1.76. The SMILES string of the molecule is Cc1ccc(C)c(C(=O)CCC(=O)NCCc2ccc(C(=O)O)cc2)c1. The van der Waals surface area contributed by atoms with Crippen LogP contribution >= 0.6 is 0 Å². The second-order valence-corrected chi connectivity index (χ2v) is 6.34. The molecule has 0 heterocycles. The summed E-state index contributed by atoms with van der Waals surface area (Å²) in [5.41, 5.74) is 3.81. The Morgan fingerprint density at radius 3 is 2.31 bits per heavy atom. The molecule has 0 bridgehead atoms. The smallest absolute Gasteiger partial charge is 0.335 e. The first-order valence-corrected chi connectivity index (χ1v) is 8.56. The van der Waals surface area contributed by atoms with E-state index >= 15 is 0 Å². The van der Waals surface area contributed by atoms with Crippen LogP contribution in [0.2, 0.25) is 0 Å². The predicted molar refractivity (Wildman–Crippen MR) is 99.6 cm³/mol. The standard InChI is InChI=1S/C21H23NO4/c1-14-3-4-15(2)18(13-14)19(23)9-10-20(24)22-12-11-16-5-7-17(8-6-16)21(25)26/h3-8,13H,9-12H2,1-2H3,(H,22,24)(H,25,26). The number of hydrogen-bond donors (Lipinski definition) is 2. The van der Waals surface area contributed by atoms with Crippen molar-refractivity contribution in [2.45, 2.75) is 33.1 Å². The number of Topliss-reactive ketones (excluding diaryl/α,β-unsaturated/α-hetero) is 1. The van der Waals surface area contributed by atoms with Crippen LogP contribution in [0.25, 0.3) is 0 Å². The summed E-state index contributed by atoms with van der Waals surface area (Å²) in [5, 5.41) is 11.7. The van der Waals surface area contributed by atoms with E-state index in [1.54, 1.807) is 24.3 Å². The first-order valence-electron chi connectivity index (χ1n) is 8.56. The molecule has 0 aliphatic rings. The van der Waals surface area contributed by atoms with Crippen molar-refractivity contribution in [1.82, 2.24) is 5.32 Å². The van der Waals surface area contributed by atoms with E-state index in [0.717, 1.165) is 16.7 Å². The van der Waals surface area contributed by atoms with Crippen molar-refractivity contribution < 1.29 is 19.5 Å². The minimum absolute atomic E-state index is 0.0226. The minimum Gasteiger partial charge on any atom is -0.478 e. The zero-order valence-electron chi connectivity index (χ0n) is 15.0. The molecule has 5 nitrogen and oxygen atoms in total. The Bertz CT molecular complexity index is 809. The van der Waals surface area contributed by atoms with Crippen LogP contribution in [-0.2, 0) is 11.2 Å². The van der Waals surface area contributed by atoms with Gasteiger partial charge in [0.05, 0.1) is 5.56 Å². The molecule has 2 rings (SSSR count). The first kappa shape index (κ1) is 19.4. The number of ketones is 1. The molecule has 0 aliphatic carbocycles. The molecule has 26 heavy (non-hydrogen) atoms. The van der Waals surface area contributed by atoms with Gasteiger partial charge in [0.1, 0.15) is 0 Å². The summed E-state index contributed by atoms with van der Waals surface area (Å²) in [4.78, 5) is 35.0. The maximum absolute atomic E-state index is 12.3. The van der Waals surface area contributed by atoms with Crippen LogP contribution in [-0.4, -0.2) is 29.3 Å². The number of carboxylic acid groups (broad SMARTS) is 1. The third kappa shape index (κ3) is 5.55. The van der Waals surface area contributed by atoms with Crippen molar-refractivity contribution in [3.05, 3.63) is 70.3 Å². The van der Waals surface area contributed by atoms with Gasteiger partial charge >= 0.3 is 5.97 Å². The number of benzene rings is 2.